The molecule has 0 bridgehead atoms. The van der Waals surface area contributed by atoms with Crippen LogP contribution >= 0.6 is 0 Å². The maximum atomic E-state index is 12.1. The Morgan fingerprint density at radius 3 is 2.52 bits per heavy atom. The number of sulfonamides is 1. The summed E-state index contributed by atoms with van der Waals surface area (Å²) in [7, 11) is -2.02. The fraction of sp³-hybridized carbons (Fsp3) is 0.533. The molecule has 0 aliphatic heterocycles. The molecule has 1 rings (SSSR count). The van der Waals surface area contributed by atoms with Gasteiger partial charge in [-0.05, 0) is 38.5 Å². The molecule has 0 aliphatic carbocycles. The Hall–Kier alpha value is -1.96. The van der Waals surface area contributed by atoms with E-state index in [0.717, 1.165) is 11.8 Å². The highest BCUT2D eigenvalue weighted by Crippen LogP contribution is 2.30. The summed E-state index contributed by atoms with van der Waals surface area (Å²) in [5, 5.41) is 5.33. The predicted octanol–water partition coefficient (Wildman–Crippen LogP) is 1.48. The van der Waals surface area contributed by atoms with Crippen LogP contribution in [-0.2, 0) is 10.0 Å². The molecule has 0 unspecified atom stereocenters. The van der Waals surface area contributed by atoms with Gasteiger partial charge in [0.25, 0.3) is 0 Å². The SMILES string of the molecule is COc1ccc(C)cc1N(CCNC(=O)NC(C)C)S(C)(=O)=O. The monoisotopic (exact) mass is 343 g/mol. The van der Waals surface area contributed by atoms with Crippen molar-refractivity contribution >= 4 is 21.7 Å². The van der Waals surface area contributed by atoms with Gasteiger partial charge >= 0.3 is 6.03 Å². The first-order valence-corrected chi connectivity index (χ1v) is 9.16. The zero-order valence-electron chi connectivity index (χ0n) is 14.2. The van der Waals surface area contributed by atoms with Crippen molar-refractivity contribution in [2.45, 2.75) is 26.8 Å². The number of hydrogen-bond acceptors (Lipinski definition) is 4. The van der Waals surface area contributed by atoms with E-state index in [1.807, 2.05) is 26.8 Å². The van der Waals surface area contributed by atoms with Crippen molar-refractivity contribution in [3.05, 3.63) is 23.8 Å². The Labute approximate surface area is 138 Å². The number of nitrogens with one attached hydrogen (secondary N) is 2. The van der Waals surface area contributed by atoms with Gasteiger partial charge in [0.05, 0.1) is 25.6 Å². The summed E-state index contributed by atoms with van der Waals surface area (Å²) >= 11 is 0. The van der Waals surface area contributed by atoms with E-state index in [0.29, 0.717) is 11.4 Å². The van der Waals surface area contributed by atoms with Crippen molar-refractivity contribution in [2.24, 2.45) is 0 Å². The van der Waals surface area contributed by atoms with Gasteiger partial charge in [-0.25, -0.2) is 13.2 Å². The van der Waals surface area contributed by atoms with Crippen LogP contribution in [0.1, 0.15) is 19.4 Å². The number of methoxy groups -OCH3 is 1. The molecule has 130 valence electrons. The van der Waals surface area contributed by atoms with Crippen molar-refractivity contribution in [3.63, 3.8) is 0 Å². The first kappa shape index (κ1) is 19.1. The Balaban J connectivity index is 2.91. The first-order chi connectivity index (χ1) is 10.6. The van der Waals surface area contributed by atoms with Gasteiger partial charge in [-0.2, -0.15) is 0 Å². The van der Waals surface area contributed by atoms with Crippen molar-refractivity contribution < 1.29 is 17.9 Å². The van der Waals surface area contributed by atoms with Gasteiger partial charge in [0.1, 0.15) is 5.75 Å². The van der Waals surface area contributed by atoms with Crippen LogP contribution in [0.5, 0.6) is 5.75 Å². The summed E-state index contributed by atoms with van der Waals surface area (Å²) in [5.41, 5.74) is 1.38. The normalized spacial score (nSPS) is 11.2. The Kier molecular flexibility index (Phi) is 6.68. The van der Waals surface area contributed by atoms with E-state index in [9.17, 15) is 13.2 Å². The standard InChI is InChI=1S/C15H25N3O4S/c1-11(2)17-15(19)16-8-9-18(23(5,20)21)13-10-12(3)6-7-14(13)22-4/h6-7,10-11H,8-9H2,1-5H3,(H2,16,17,19). The van der Waals surface area contributed by atoms with E-state index >= 15 is 0 Å². The molecule has 0 heterocycles. The van der Waals surface area contributed by atoms with Crippen LogP contribution in [-0.4, -0.2) is 46.9 Å². The van der Waals surface area contributed by atoms with Gasteiger partial charge in [0.2, 0.25) is 10.0 Å². The summed E-state index contributed by atoms with van der Waals surface area (Å²) in [6, 6.07) is 5.00. The highest BCUT2D eigenvalue weighted by atomic mass is 32.2. The zero-order chi connectivity index (χ0) is 17.6. The molecule has 0 spiro atoms. The lowest BCUT2D eigenvalue weighted by Crippen LogP contribution is -2.44. The molecule has 0 saturated heterocycles. The average Bonchev–Trinajstić information content (AvgIpc) is 2.41. The van der Waals surface area contributed by atoms with Gasteiger partial charge in [-0.15, -0.1) is 0 Å². The van der Waals surface area contributed by atoms with E-state index in [4.69, 9.17) is 4.74 Å². The minimum Gasteiger partial charge on any atom is -0.495 e. The van der Waals surface area contributed by atoms with E-state index in [-0.39, 0.29) is 25.2 Å². The van der Waals surface area contributed by atoms with Crippen LogP contribution in [0.4, 0.5) is 10.5 Å². The lowest BCUT2D eigenvalue weighted by atomic mass is 10.2. The number of amides is 2. The third-order valence-corrected chi connectivity index (χ3v) is 4.20. The second kappa shape index (κ2) is 8.05. The van der Waals surface area contributed by atoms with Crippen molar-refractivity contribution in [1.29, 1.82) is 0 Å². The highest BCUT2D eigenvalue weighted by molar-refractivity contribution is 7.92. The second-order valence-corrected chi connectivity index (χ2v) is 7.47. The molecule has 1 aromatic carbocycles. The largest absolute Gasteiger partial charge is 0.495 e. The number of nitrogens with zero attached hydrogens (tertiary/aromatic N) is 1. The molecule has 0 saturated carbocycles. The molecule has 2 amide bonds. The van der Waals surface area contributed by atoms with Gasteiger partial charge in [0.15, 0.2) is 0 Å². The number of ether oxygens (including phenoxy) is 1. The predicted molar refractivity (Wildman–Crippen MR) is 91.6 cm³/mol. The molecule has 2 N–H and O–H groups in total. The summed E-state index contributed by atoms with van der Waals surface area (Å²) in [6.07, 6.45) is 1.13. The van der Waals surface area contributed by atoms with E-state index in [1.54, 1.807) is 12.1 Å². The van der Waals surface area contributed by atoms with Crippen LogP contribution < -0.4 is 19.7 Å². The van der Waals surface area contributed by atoms with E-state index < -0.39 is 10.0 Å². The lowest BCUT2D eigenvalue weighted by Gasteiger charge is -2.25. The van der Waals surface area contributed by atoms with E-state index in [2.05, 4.69) is 10.6 Å². The smallest absolute Gasteiger partial charge is 0.315 e. The molecule has 0 aliphatic rings. The maximum absolute atomic E-state index is 12.1. The third kappa shape index (κ3) is 5.97. The minimum atomic E-state index is -3.51. The number of rotatable bonds is 7. The zero-order valence-corrected chi connectivity index (χ0v) is 15.0. The van der Waals surface area contributed by atoms with E-state index in [1.165, 1.54) is 11.4 Å². The molecule has 0 radical (unpaired) electrons. The Morgan fingerprint density at radius 2 is 2.00 bits per heavy atom. The fourth-order valence-electron chi connectivity index (χ4n) is 2.04. The molecule has 0 aromatic heterocycles. The van der Waals surface area contributed by atoms with Crippen LogP contribution in [0.2, 0.25) is 0 Å². The fourth-order valence-corrected chi connectivity index (χ4v) is 2.97. The van der Waals surface area contributed by atoms with Gasteiger partial charge in [0, 0.05) is 12.6 Å². The highest BCUT2D eigenvalue weighted by Gasteiger charge is 2.21. The van der Waals surface area contributed by atoms with Gasteiger partial charge in [-0.3, -0.25) is 4.31 Å². The molecular formula is C15H25N3O4S. The number of carbonyl (C=O) groups excluding carboxylic acids is 1. The molecule has 23 heavy (non-hydrogen) atoms. The number of anilines is 1. The van der Waals surface area contributed by atoms with Crippen molar-refractivity contribution in [1.82, 2.24) is 10.6 Å². The summed E-state index contributed by atoms with van der Waals surface area (Å²) in [6.45, 7) is 5.87. The lowest BCUT2D eigenvalue weighted by molar-refractivity contribution is 0.239. The first-order valence-electron chi connectivity index (χ1n) is 7.32. The van der Waals surface area contributed by atoms with Crippen LogP contribution in [0.25, 0.3) is 0 Å². The Bertz CT molecular complexity index is 644. The van der Waals surface area contributed by atoms with Crippen molar-refractivity contribution in [3.8, 4) is 5.75 Å². The van der Waals surface area contributed by atoms with Crippen LogP contribution in [0, 0.1) is 6.92 Å². The maximum Gasteiger partial charge on any atom is 0.315 e. The minimum absolute atomic E-state index is 0.0119. The molecule has 8 heteroatoms. The molecule has 7 nitrogen and oxygen atoms in total. The van der Waals surface area contributed by atoms with Gasteiger partial charge in [-0.1, -0.05) is 6.07 Å². The molecule has 1 aromatic rings. The Morgan fingerprint density at radius 1 is 1.35 bits per heavy atom. The third-order valence-electron chi connectivity index (χ3n) is 3.02. The number of urea groups is 1. The number of hydrogen-bond donors (Lipinski definition) is 2. The summed E-state index contributed by atoms with van der Waals surface area (Å²) < 4.78 is 30.7. The number of aryl methyl sites for hydroxylation is 1. The molecule has 0 atom stereocenters. The number of benzene rings is 1. The summed E-state index contributed by atoms with van der Waals surface area (Å²) in [5.74, 6) is 0.465. The van der Waals surface area contributed by atoms with Crippen molar-refractivity contribution in [2.75, 3.05) is 30.8 Å². The van der Waals surface area contributed by atoms with Gasteiger partial charge < -0.3 is 15.4 Å². The average molecular weight is 343 g/mol. The molecule has 0 fully saturated rings. The second-order valence-electron chi connectivity index (χ2n) is 5.57. The van der Waals surface area contributed by atoms with Crippen LogP contribution in [0.15, 0.2) is 18.2 Å². The quantitative estimate of drug-likeness (QED) is 0.785. The van der Waals surface area contributed by atoms with Crippen LogP contribution in [0.3, 0.4) is 0 Å². The summed E-state index contributed by atoms with van der Waals surface area (Å²) in [4.78, 5) is 11.6. The molecular weight excluding hydrogens is 318 g/mol. The number of carbonyl (C=O) groups is 1. The topological polar surface area (TPSA) is 87.7 Å².